The highest BCUT2D eigenvalue weighted by molar-refractivity contribution is 7.13. The van der Waals surface area contributed by atoms with E-state index in [4.69, 9.17) is 11.6 Å². The Bertz CT molecular complexity index is 725. The minimum absolute atomic E-state index is 0.470. The van der Waals surface area contributed by atoms with Gasteiger partial charge in [-0.2, -0.15) is 0 Å². The molecule has 0 bridgehead atoms. The fraction of sp³-hybridized carbons (Fsp3) is 0.154. The zero-order chi connectivity index (χ0) is 13.4. The van der Waals surface area contributed by atoms with Gasteiger partial charge in [0.25, 0.3) is 0 Å². The van der Waals surface area contributed by atoms with Crippen LogP contribution in [0.25, 0.3) is 21.6 Å². The van der Waals surface area contributed by atoms with E-state index in [0.29, 0.717) is 11.0 Å². The third-order valence-electron chi connectivity index (χ3n) is 2.80. The van der Waals surface area contributed by atoms with Gasteiger partial charge in [0.2, 0.25) is 0 Å². The van der Waals surface area contributed by atoms with Gasteiger partial charge in [-0.1, -0.05) is 11.6 Å². The summed E-state index contributed by atoms with van der Waals surface area (Å²) in [4.78, 5) is 15.9. The predicted molar refractivity (Wildman–Crippen MR) is 80.0 cm³/mol. The third-order valence-corrected chi connectivity index (χ3v) is 3.86. The molecule has 0 aliphatic rings. The fourth-order valence-corrected chi connectivity index (χ4v) is 2.58. The van der Waals surface area contributed by atoms with Crippen molar-refractivity contribution >= 4 is 39.5 Å². The molecule has 0 radical (unpaired) electrons. The van der Waals surface area contributed by atoms with E-state index in [9.17, 15) is 0 Å². The molecular formula is C13H11ClN4S. The Morgan fingerprint density at radius 2 is 2.05 bits per heavy atom. The van der Waals surface area contributed by atoms with Gasteiger partial charge in [0, 0.05) is 31.4 Å². The Labute approximate surface area is 119 Å². The van der Waals surface area contributed by atoms with E-state index in [1.807, 2.05) is 37.2 Å². The van der Waals surface area contributed by atoms with Gasteiger partial charge < -0.3 is 4.90 Å². The zero-order valence-corrected chi connectivity index (χ0v) is 12.0. The molecule has 6 heteroatoms. The first-order valence-electron chi connectivity index (χ1n) is 5.68. The van der Waals surface area contributed by atoms with Crippen LogP contribution in [-0.4, -0.2) is 29.0 Å². The Hall–Kier alpha value is -1.72. The summed E-state index contributed by atoms with van der Waals surface area (Å²) in [7, 11) is 3.98. The van der Waals surface area contributed by atoms with Crippen LogP contribution in [-0.2, 0) is 0 Å². The van der Waals surface area contributed by atoms with Crippen LogP contribution in [0.5, 0.6) is 0 Å². The molecule has 0 aliphatic heterocycles. The number of benzene rings is 1. The van der Waals surface area contributed by atoms with Crippen LogP contribution in [0.4, 0.5) is 5.69 Å². The van der Waals surface area contributed by atoms with Crippen LogP contribution in [0, 0.1) is 0 Å². The molecule has 0 saturated heterocycles. The topological polar surface area (TPSA) is 41.9 Å². The second-order valence-corrected chi connectivity index (χ2v) is 5.54. The van der Waals surface area contributed by atoms with Crippen molar-refractivity contribution in [1.29, 1.82) is 0 Å². The molecule has 2 heterocycles. The molecule has 0 amide bonds. The van der Waals surface area contributed by atoms with E-state index in [0.717, 1.165) is 21.5 Å². The molecule has 0 fully saturated rings. The van der Waals surface area contributed by atoms with Crippen molar-refractivity contribution in [3.8, 4) is 10.7 Å². The molecule has 3 rings (SSSR count). The number of rotatable bonds is 2. The van der Waals surface area contributed by atoms with E-state index in [1.54, 1.807) is 11.7 Å². The summed E-state index contributed by atoms with van der Waals surface area (Å²) in [5.74, 6) is 0.623. The highest BCUT2D eigenvalue weighted by atomic mass is 35.5. The Morgan fingerprint density at radius 3 is 2.74 bits per heavy atom. The van der Waals surface area contributed by atoms with Gasteiger partial charge >= 0.3 is 0 Å². The standard InChI is InChI=1S/C13H11ClN4S/c1-18(2)8-3-4-10-9(5-8)12(14)17-13(16-10)11-6-15-7-19-11/h3-7H,1-2H3. The van der Waals surface area contributed by atoms with E-state index < -0.39 is 0 Å². The van der Waals surface area contributed by atoms with Crippen LogP contribution in [0.2, 0.25) is 5.15 Å². The molecule has 0 unspecified atom stereocenters. The lowest BCUT2D eigenvalue weighted by Gasteiger charge is -2.13. The van der Waals surface area contributed by atoms with Gasteiger partial charge in [-0.05, 0) is 18.2 Å². The van der Waals surface area contributed by atoms with Crippen LogP contribution in [0.3, 0.4) is 0 Å². The molecule has 0 spiro atoms. The maximum absolute atomic E-state index is 6.27. The highest BCUT2D eigenvalue weighted by Crippen LogP contribution is 2.28. The average molecular weight is 291 g/mol. The maximum Gasteiger partial charge on any atom is 0.173 e. The first-order valence-corrected chi connectivity index (χ1v) is 6.94. The molecule has 0 saturated carbocycles. The van der Waals surface area contributed by atoms with Crippen molar-refractivity contribution in [3.63, 3.8) is 0 Å². The largest absolute Gasteiger partial charge is 0.378 e. The van der Waals surface area contributed by atoms with E-state index >= 15 is 0 Å². The van der Waals surface area contributed by atoms with E-state index in [-0.39, 0.29) is 0 Å². The van der Waals surface area contributed by atoms with Gasteiger partial charge in [-0.25, -0.2) is 9.97 Å². The summed E-state index contributed by atoms with van der Waals surface area (Å²) in [5, 5.41) is 1.33. The minimum atomic E-state index is 0.470. The third kappa shape index (κ3) is 2.27. The number of anilines is 1. The maximum atomic E-state index is 6.27. The quantitative estimate of drug-likeness (QED) is 0.678. The summed E-state index contributed by atoms with van der Waals surface area (Å²) < 4.78 is 0. The number of thiazole rings is 1. The van der Waals surface area contributed by atoms with Gasteiger partial charge in [0.1, 0.15) is 5.15 Å². The van der Waals surface area contributed by atoms with Gasteiger partial charge in [0.15, 0.2) is 5.82 Å². The number of aromatic nitrogens is 3. The molecule has 1 aromatic carbocycles. The average Bonchev–Trinajstić information content (AvgIpc) is 2.92. The van der Waals surface area contributed by atoms with E-state index in [1.165, 1.54) is 11.3 Å². The summed E-state index contributed by atoms with van der Waals surface area (Å²) in [5.41, 5.74) is 3.67. The highest BCUT2D eigenvalue weighted by Gasteiger charge is 2.10. The second kappa shape index (κ2) is 4.75. The van der Waals surface area contributed by atoms with Crippen LogP contribution < -0.4 is 4.90 Å². The number of nitrogens with zero attached hydrogens (tertiary/aromatic N) is 4. The minimum Gasteiger partial charge on any atom is -0.378 e. The fourth-order valence-electron chi connectivity index (χ4n) is 1.79. The molecule has 0 atom stereocenters. The summed E-state index contributed by atoms with van der Waals surface area (Å²) in [6, 6.07) is 5.97. The van der Waals surface area contributed by atoms with E-state index in [2.05, 4.69) is 15.0 Å². The summed E-state index contributed by atoms with van der Waals surface area (Å²) in [6.45, 7) is 0. The van der Waals surface area contributed by atoms with Crippen molar-refractivity contribution in [2.75, 3.05) is 19.0 Å². The lowest BCUT2D eigenvalue weighted by atomic mass is 10.2. The van der Waals surface area contributed by atoms with Gasteiger partial charge in [0.05, 0.1) is 15.9 Å². The smallest absolute Gasteiger partial charge is 0.173 e. The van der Waals surface area contributed by atoms with Crippen molar-refractivity contribution in [3.05, 3.63) is 35.1 Å². The SMILES string of the molecule is CN(C)c1ccc2nc(-c3cncs3)nc(Cl)c2c1. The lowest BCUT2D eigenvalue weighted by Crippen LogP contribution is -2.08. The molecule has 96 valence electrons. The molecule has 0 aliphatic carbocycles. The number of hydrogen-bond donors (Lipinski definition) is 0. The van der Waals surface area contributed by atoms with Gasteiger partial charge in [-0.3, -0.25) is 4.98 Å². The Balaban J connectivity index is 2.20. The second-order valence-electron chi connectivity index (χ2n) is 4.30. The van der Waals surface area contributed by atoms with Crippen molar-refractivity contribution in [2.45, 2.75) is 0 Å². The van der Waals surface area contributed by atoms with Crippen LogP contribution >= 0.6 is 22.9 Å². The van der Waals surface area contributed by atoms with Crippen molar-refractivity contribution in [1.82, 2.24) is 15.0 Å². The zero-order valence-electron chi connectivity index (χ0n) is 10.5. The molecule has 4 nitrogen and oxygen atoms in total. The van der Waals surface area contributed by atoms with Crippen LogP contribution in [0.1, 0.15) is 0 Å². The monoisotopic (exact) mass is 290 g/mol. The van der Waals surface area contributed by atoms with Gasteiger partial charge in [-0.15, -0.1) is 11.3 Å². The normalized spacial score (nSPS) is 10.9. The first kappa shape index (κ1) is 12.3. The lowest BCUT2D eigenvalue weighted by molar-refractivity contribution is 1.13. The molecule has 19 heavy (non-hydrogen) atoms. The van der Waals surface area contributed by atoms with Crippen molar-refractivity contribution in [2.24, 2.45) is 0 Å². The Kier molecular flexibility index (Phi) is 3.08. The molecule has 3 aromatic rings. The predicted octanol–water partition coefficient (Wildman–Crippen LogP) is 3.47. The number of hydrogen-bond acceptors (Lipinski definition) is 5. The molecule has 2 aromatic heterocycles. The molecular weight excluding hydrogens is 280 g/mol. The molecule has 0 N–H and O–H groups in total. The summed E-state index contributed by atoms with van der Waals surface area (Å²) >= 11 is 7.77. The van der Waals surface area contributed by atoms with Crippen molar-refractivity contribution < 1.29 is 0 Å². The van der Waals surface area contributed by atoms with Crippen LogP contribution in [0.15, 0.2) is 29.9 Å². The Morgan fingerprint density at radius 1 is 1.21 bits per heavy atom. The number of fused-ring (bicyclic) bond motifs is 1. The summed E-state index contributed by atoms with van der Waals surface area (Å²) in [6.07, 6.45) is 1.75. The number of halogens is 1. The first-order chi connectivity index (χ1) is 9.15.